The predicted octanol–water partition coefficient (Wildman–Crippen LogP) is 3.39. The van der Waals surface area contributed by atoms with E-state index >= 15 is 0 Å². The molecular weight excluding hydrogens is 220 g/mol. The van der Waals surface area contributed by atoms with Crippen molar-refractivity contribution in [2.75, 3.05) is 13.1 Å². The minimum Gasteiger partial charge on any atom is -0.299 e. The van der Waals surface area contributed by atoms with E-state index in [2.05, 4.69) is 47.1 Å². The van der Waals surface area contributed by atoms with Crippen molar-refractivity contribution < 1.29 is 0 Å². The molecule has 1 fully saturated rings. The standard InChI is InChI=1S/C16H20N2/c1-12-7-8-18(10-12)11-14-4-6-16-15(9-14)5-3-13(2)17-16/h3-6,9,12H,7-8,10-11H2,1-2H3. The Labute approximate surface area is 109 Å². The van der Waals surface area contributed by atoms with Crippen molar-refractivity contribution >= 4 is 10.9 Å². The second-order valence-electron chi connectivity index (χ2n) is 5.61. The number of nitrogens with zero attached hydrogens (tertiary/aromatic N) is 2. The lowest BCUT2D eigenvalue weighted by Gasteiger charge is -2.15. The maximum Gasteiger partial charge on any atom is 0.0705 e. The van der Waals surface area contributed by atoms with Gasteiger partial charge in [-0.3, -0.25) is 9.88 Å². The molecule has 1 aromatic heterocycles. The van der Waals surface area contributed by atoms with E-state index in [-0.39, 0.29) is 0 Å². The van der Waals surface area contributed by atoms with Gasteiger partial charge < -0.3 is 0 Å². The lowest BCUT2D eigenvalue weighted by atomic mass is 10.1. The monoisotopic (exact) mass is 240 g/mol. The maximum atomic E-state index is 4.55. The number of benzene rings is 1. The molecular formula is C16H20N2. The largest absolute Gasteiger partial charge is 0.299 e. The highest BCUT2D eigenvalue weighted by atomic mass is 15.1. The highest BCUT2D eigenvalue weighted by Gasteiger charge is 2.18. The number of hydrogen-bond acceptors (Lipinski definition) is 2. The minimum atomic E-state index is 0.856. The molecule has 0 aliphatic carbocycles. The molecule has 2 nitrogen and oxygen atoms in total. The van der Waals surface area contributed by atoms with E-state index in [1.807, 2.05) is 6.92 Å². The lowest BCUT2D eigenvalue weighted by Crippen LogP contribution is -2.19. The van der Waals surface area contributed by atoms with E-state index in [9.17, 15) is 0 Å². The number of rotatable bonds is 2. The second-order valence-corrected chi connectivity index (χ2v) is 5.61. The molecule has 0 spiro atoms. The van der Waals surface area contributed by atoms with Crippen LogP contribution in [0.2, 0.25) is 0 Å². The first-order valence-electron chi connectivity index (χ1n) is 6.79. The lowest BCUT2D eigenvalue weighted by molar-refractivity contribution is 0.320. The normalized spacial score (nSPS) is 20.7. The van der Waals surface area contributed by atoms with Crippen molar-refractivity contribution in [3.05, 3.63) is 41.6 Å². The molecule has 2 aromatic rings. The summed E-state index contributed by atoms with van der Waals surface area (Å²) in [5, 5.41) is 1.25. The Bertz CT molecular complexity index is 562. The Balaban J connectivity index is 1.82. The zero-order valence-corrected chi connectivity index (χ0v) is 11.2. The van der Waals surface area contributed by atoms with Crippen LogP contribution in [0.25, 0.3) is 10.9 Å². The van der Waals surface area contributed by atoms with Crippen LogP contribution in [-0.4, -0.2) is 23.0 Å². The van der Waals surface area contributed by atoms with Crippen molar-refractivity contribution in [3.8, 4) is 0 Å². The van der Waals surface area contributed by atoms with Gasteiger partial charge in [0, 0.05) is 24.2 Å². The van der Waals surface area contributed by atoms with Crippen molar-refractivity contribution in [3.63, 3.8) is 0 Å². The highest BCUT2D eigenvalue weighted by Crippen LogP contribution is 2.20. The molecule has 0 bridgehead atoms. The minimum absolute atomic E-state index is 0.856. The Morgan fingerprint density at radius 2 is 2.17 bits per heavy atom. The molecule has 1 aliphatic heterocycles. The predicted molar refractivity (Wildman–Crippen MR) is 75.5 cm³/mol. The Hall–Kier alpha value is -1.41. The van der Waals surface area contributed by atoms with Crippen LogP contribution in [0.5, 0.6) is 0 Å². The first-order chi connectivity index (χ1) is 8.70. The van der Waals surface area contributed by atoms with Crippen molar-refractivity contribution in [1.29, 1.82) is 0 Å². The van der Waals surface area contributed by atoms with Gasteiger partial charge in [-0.25, -0.2) is 0 Å². The summed E-state index contributed by atoms with van der Waals surface area (Å²) in [6.07, 6.45) is 1.34. The van der Waals surface area contributed by atoms with Crippen molar-refractivity contribution in [2.24, 2.45) is 5.92 Å². The molecule has 18 heavy (non-hydrogen) atoms. The molecule has 1 aliphatic rings. The van der Waals surface area contributed by atoms with E-state index in [4.69, 9.17) is 0 Å². The van der Waals surface area contributed by atoms with Gasteiger partial charge in [-0.15, -0.1) is 0 Å². The topological polar surface area (TPSA) is 16.1 Å². The first-order valence-corrected chi connectivity index (χ1v) is 6.79. The molecule has 1 saturated heterocycles. The Morgan fingerprint density at radius 3 is 2.94 bits per heavy atom. The van der Waals surface area contributed by atoms with Gasteiger partial charge in [-0.2, -0.15) is 0 Å². The average Bonchev–Trinajstić information content (AvgIpc) is 2.75. The summed E-state index contributed by atoms with van der Waals surface area (Å²) in [6.45, 7) is 7.94. The fourth-order valence-corrected chi connectivity index (χ4v) is 2.80. The van der Waals surface area contributed by atoms with Crippen LogP contribution in [-0.2, 0) is 6.54 Å². The Morgan fingerprint density at radius 1 is 1.28 bits per heavy atom. The molecule has 0 N–H and O–H groups in total. The molecule has 1 unspecified atom stereocenters. The maximum absolute atomic E-state index is 4.55. The number of likely N-dealkylation sites (tertiary alicyclic amines) is 1. The molecule has 1 aromatic carbocycles. The molecule has 0 saturated carbocycles. The molecule has 2 heterocycles. The van der Waals surface area contributed by atoms with Gasteiger partial charge in [0.2, 0.25) is 0 Å². The summed E-state index contributed by atoms with van der Waals surface area (Å²) in [7, 11) is 0. The quantitative estimate of drug-likeness (QED) is 0.800. The summed E-state index contributed by atoms with van der Waals surface area (Å²) >= 11 is 0. The smallest absolute Gasteiger partial charge is 0.0705 e. The number of fused-ring (bicyclic) bond motifs is 1. The number of hydrogen-bond donors (Lipinski definition) is 0. The molecule has 1 atom stereocenters. The second kappa shape index (κ2) is 4.69. The fraction of sp³-hybridized carbons (Fsp3) is 0.438. The summed E-state index contributed by atoms with van der Waals surface area (Å²) in [5.74, 6) is 0.856. The molecule has 2 heteroatoms. The fourth-order valence-electron chi connectivity index (χ4n) is 2.80. The van der Waals surface area contributed by atoms with E-state index in [1.165, 1.54) is 30.5 Å². The molecule has 0 amide bonds. The van der Waals surface area contributed by atoms with E-state index in [0.717, 1.165) is 23.7 Å². The zero-order valence-electron chi connectivity index (χ0n) is 11.2. The van der Waals surface area contributed by atoms with Crippen LogP contribution in [0.15, 0.2) is 30.3 Å². The number of aryl methyl sites for hydroxylation is 1. The Kier molecular flexibility index (Phi) is 3.04. The summed E-state index contributed by atoms with van der Waals surface area (Å²) in [4.78, 5) is 7.10. The molecule has 0 radical (unpaired) electrons. The van der Waals surface area contributed by atoms with Gasteiger partial charge in [0.15, 0.2) is 0 Å². The van der Waals surface area contributed by atoms with Crippen LogP contribution in [0, 0.1) is 12.8 Å². The van der Waals surface area contributed by atoms with Crippen LogP contribution in [0.1, 0.15) is 24.6 Å². The summed E-state index contributed by atoms with van der Waals surface area (Å²) in [6, 6.07) is 10.9. The van der Waals surface area contributed by atoms with Gasteiger partial charge in [0.05, 0.1) is 5.52 Å². The third-order valence-corrected chi connectivity index (χ3v) is 3.81. The van der Waals surface area contributed by atoms with Gasteiger partial charge in [-0.1, -0.05) is 19.1 Å². The SMILES string of the molecule is Cc1ccc2cc(CN3CCC(C)C3)ccc2n1. The van der Waals surface area contributed by atoms with Crippen LogP contribution < -0.4 is 0 Å². The number of pyridine rings is 1. The van der Waals surface area contributed by atoms with Crippen LogP contribution >= 0.6 is 0 Å². The summed E-state index contributed by atoms with van der Waals surface area (Å²) < 4.78 is 0. The van der Waals surface area contributed by atoms with Crippen LogP contribution in [0.4, 0.5) is 0 Å². The molecule has 94 valence electrons. The number of aromatic nitrogens is 1. The summed E-state index contributed by atoms with van der Waals surface area (Å²) in [5.41, 5.74) is 3.60. The first kappa shape index (κ1) is 11.7. The van der Waals surface area contributed by atoms with E-state index in [0.29, 0.717) is 0 Å². The highest BCUT2D eigenvalue weighted by molar-refractivity contribution is 5.79. The van der Waals surface area contributed by atoms with E-state index in [1.54, 1.807) is 0 Å². The van der Waals surface area contributed by atoms with Crippen molar-refractivity contribution in [2.45, 2.75) is 26.8 Å². The third-order valence-electron chi connectivity index (χ3n) is 3.81. The third kappa shape index (κ3) is 2.39. The van der Waals surface area contributed by atoms with Gasteiger partial charge in [0.25, 0.3) is 0 Å². The average molecular weight is 240 g/mol. The van der Waals surface area contributed by atoms with E-state index < -0.39 is 0 Å². The molecule has 3 rings (SSSR count). The van der Waals surface area contributed by atoms with Gasteiger partial charge >= 0.3 is 0 Å². The zero-order chi connectivity index (χ0) is 12.5. The van der Waals surface area contributed by atoms with Gasteiger partial charge in [-0.05, 0) is 49.6 Å². The van der Waals surface area contributed by atoms with Gasteiger partial charge in [0.1, 0.15) is 0 Å². The van der Waals surface area contributed by atoms with Crippen molar-refractivity contribution in [1.82, 2.24) is 9.88 Å². The van der Waals surface area contributed by atoms with Crippen LogP contribution in [0.3, 0.4) is 0 Å².